The lowest BCUT2D eigenvalue weighted by molar-refractivity contribution is -0.135. The van der Waals surface area contributed by atoms with Crippen LogP contribution in [0.15, 0.2) is 0 Å². The van der Waals surface area contributed by atoms with Crippen LogP contribution in [-0.4, -0.2) is 29.9 Å². The van der Waals surface area contributed by atoms with Crippen LogP contribution in [0.3, 0.4) is 0 Å². The fourth-order valence-electron chi connectivity index (χ4n) is 4.96. The van der Waals surface area contributed by atoms with Gasteiger partial charge in [-0.3, -0.25) is 4.79 Å². The molecule has 2 bridgehead atoms. The average molecular weight is 278 g/mol. The molecule has 0 heterocycles. The van der Waals surface area contributed by atoms with E-state index in [2.05, 4.69) is 4.90 Å². The highest BCUT2D eigenvalue weighted by Gasteiger charge is 2.41. The molecule has 114 valence electrons. The molecule has 0 radical (unpaired) electrons. The summed E-state index contributed by atoms with van der Waals surface area (Å²) >= 11 is 0. The summed E-state index contributed by atoms with van der Waals surface area (Å²) in [7, 11) is 0. The number of hydrogen-bond acceptors (Lipinski definition) is 2. The molecule has 0 aliphatic heterocycles. The first-order chi connectivity index (χ1) is 9.78. The summed E-state index contributed by atoms with van der Waals surface area (Å²) in [6.07, 6.45) is 12.3. The summed E-state index contributed by atoms with van der Waals surface area (Å²) in [5.41, 5.74) is 5.65. The number of carbonyl (C=O) groups excluding carboxylic acids is 1. The average Bonchev–Trinajstić information content (AvgIpc) is 3.16. The molecule has 3 atom stereocenters. The molecule has 0 aromatic carbocycles. The highest BCUT2D eigenvalue weighted by Crippen LogP contribution is 2.49. The monoisotopic (exact) mass is 278 g/mol. The van der Waals surface area contributed by atoms with Gasteiger partial charge in [0.1, 0.15) is 0 Å². The largest absolute Gasteiger partial charge is 0.340 e. The van der Waals surface area contributed by atoms with Gasteiger partial charge < -0.3 is 10.6 Å². The first-order valence-electron chi connectivity index (χ1n) is 8.77. The SMILES string of the molecule is NCCCN(C(=O)CC1CC2CCC1C2)C1CCCC1. The highest BCUT2D eigenvalue weighted by atomic mass is 16.2. The Morgan fingerprint density at radius 2 is 1.90 bits per heavy atom. The molecule has 3 saturated carbocycles. The summed E-state index contributed by atoms with van der Waals surface area (Å²) in [5, 5.41) is 0. The van der Waals surface area contributed by atoms with Gasteiger partial charge in [-0.05, 0) is 62.8 Å². The molecule has 3 rings (SSSR count). The predicted molar refractivity (Wildman–Crippen MR) is 81.2 cm³/mol. The van der Waals surface area contributed by atoms with Gasteiger partial charge in [0.05, 0.1) is 0 Å². The molecule has 3 nitrogen and oxygen atoms in total. The number of nitrogens with zero attached hydrogens (tertiary/aromatic N) is 1. The van der Waals surface area contributed by atoms with Crippen LogP contribution in [0.4, 0.5) is 0 Å². The minimum Gasteiger partial charge on any atom is -0.340 e. The van der Waals surface area contributed by atoms with Crippen molar-refractivity contribution in [2.75, 3.05) is 13.1 Å². The van der Waals surface area contributed by atoms with Crippen molar-refractivity contribution in [3.63, 3.8) is 0 Å². The van der Waals surface area contributed by atoms with Crippen molar-refractivity contribution in [1.29, 1.82) is 0 Å². The van der Waals surface area contributed by atoms with E-state index in [-0.39, 0.29) is 0 Å². The van der Waals surface area contributed by atoms with Crippen LogP contribution in [0, 0.1) is 17.8 Å². The van der Waals surface area contributed by atoms with Crippen LogP contribution < -0.4 is 5.73 Å². The van der Waals surface area contributed by atoms with E-state index in [1.165, 1.54) is 51.4 Å². The molecule has 3 unspecified atom stereocenters. The third-order valence-corrected chi connectivity index (χ3v) is 6.01. The predicted octanol–water partition coefficient (Wildman–Crippen LogP) is 2.93. The second kappa shape index (κ2) is 6.46. The highest BCUT2D eigenvalue weighted by molar-refractivity contribution is 5.77. The maximum Gasteiger partial charge on any atom is 0.223 e. The van der Waals surface area contributed by atoms with Gasteiger partial charge >= 0.3 is 0 Å². The van der Waals surface area contributed by atoms with Gasteiger partial charge in [0.25, 0.3) is 0 Å². The number of hydrogen-bond donors (Lipinski definition) is 1. The van der Waals surface area contributed by atoms with Gasteiger partial charge in [0.15, 0.2) is 0 Å². The fraction of sp³-hybridized carbons (Fsp3) is 0.941. The first-order valence-corrected chi connectivity index (χ1v) is 8.77. The van der Waals surface area contributed by atoms with Crippen molar-refractivity contribution in [1.82, 2.24) is 4.90 Å². The van der Waals surface area contributed by atoms with E-state index in [0.29, 0.717) is 24.4 Å². The smallest absolute Gasteiger partial charge is 0.223 e. The first kappa shape index (κ1) is 14.4. The van der Waals surface area contributed by atoms with Crippen molar-refractivity contribution in [3.05, 3.63) is 0 Å². The molecule has 1 amide bonds. The normalized spacial score (nSPS) is 33.0. The molecule has 0 aromatic heterocycles. The van der Waals surface area contributed by atoms with E-state index in [9.17, 15) is 4.79 Å². The second-order valence-electron chi connectivity index (χ2n) is 7.31. The van der Waals surface area contributed by atoms with E-state index in [4.69, 9.17) is 5.73 Å². The maximum absolute atomic E-state index is 12.8. The van der Waals surface area contributed by atoms with Crippen LogP contribution in [0.25, 0.3) is 0 Å². The summed E-state index contributed by atoms with van der Waals surface area (Å²) in [6, 6.07) is 0.521. The lowest BCUT2D eigenvalue weighted by Crippen LogP contribution is -2.41. The molecule has 20 heavy (non-hydrogen) atoms. The Labute approximate surface area is 123 Å². The quantitative estimate of drug-likeness (QED) is 0.812. The zero-order valence-electron chi connectivity index (χ0n) is 12.7. The van der Waals surface area contributed by atoms with Crippen molar-refractivity contribution >= 4 is 5.91 Å². The number of carbonyl (C=O) groups is 1. The summed E-state index contributed by atoms with van der Waals surface area (Å²) in [4.78, 5) is 15.0. The van der Waals surface area contributed by atoms with Crippen LogP contribution in [0.1, 0.15) is 64.2 Å². The minimum atomic E-state index is 0.433. The molecule has 3 aliphatic carbocycles. The van der Waals surface area contributed by atoms with Crippen LogP contribution in [-0.2, 0) is 4.79 Å². The molecule has 0 aromatic rings. The van der Waals surface area contributed by atoms with Gasteiger partial charge in [0.2, 0.25) is 5.91 Å². The Hall–Kier alpha value is -0.570. The molecule has 3 fully saturated rings. The number of amides is 1. The minimum absolute atomic E-state index is 0.433. The molecular weight excluding hydrogens is 248 g/mol. The molecule has 0 spiro atoms. The third kappa shape index (κ3) is 3.03. The zero-order valence-corrected chi connectivity index (χ0v) is 12.7. The fourth-order valence-corrected chi connectivity index (χ4v) is 4.96. The third-order valence-electron chi connectivity index (χ3n) is 6.01. The van der Waals surface area contributed by atoms with Gasteiger partial charge in [-0.15, -0.1) is 0 Å². The summed E-state index contributed by atoms with van der Waals surface area (Å²) < 4.78 is 0. The van der Waals surface area contributed by atoms with Crippen LogP contribution >= 0.6 is 0 Å². The van der Waals surface area contributed by atoms with E-state index in [0.717, 1.165) is 31.2 Å². The van der Waals surface area contributed by atoms with Crippen molar-refractivity contribution < 1.29 is 4.79 Å². The van der Waals surface area contributed by atoms with E-state index >= 15 is 0 Å². The number of rotatable bonds is 6. The van der Waals surface area contributed by atoms with Gasteiger partial charge in [0, 0.05) is 19.0 Å². The van der Waals surface area contributed by atoms with Gasteiger partial charge in [-0.1, -0.05) is 19.3 Å². The number of nitrogens with two attached hydrogens (primary N) is 1. The zero-order chi connectivity index (χ0) is 13.9. The van der Waals surface area contributed by atoms with Gasteiger partial charge in [-0.2, -0.15) is 0 Å². The molecule has 2 N–H and O–H groups in total. The summed E-state index contributed by atoms with van der Waals surface area (Å²) in [5.74, 6) is 2.94. The number of fused-ring (bicyclic) bond motifs is 2. The standard InChI is InChI=1S/C17H30N2O/c18-8-3-9-19(16-4-1-2-5-16)17(20)12-15-11-13-6-7-14(15)10-13/h13-16H,1-12,18H2. The van der Waals surface area contributed by atoms with Crippen molar-refractivity contribution in [2.24, 2.45) is 23.5 Å². The van der Waals surface area contributed by atoms with Crippen LogP contribution in [0.2, 0.25) is 0 Å². The van der Waals surface area contributed by atoms with Crippen LogP contribution in [0.5, 0.6) is 0 Å². The maximum atomic E-state index is 12.8. The molecule has 0 saturated heterocycles. The topological polar surface area (TPSA) is 46.3 Å². The van der Waals surface area contributed by atoms with E-state index in [1.54, 1.807) is 0 Å². The van der Waals surface area contributed by atoms with E-state index in [1.807, 2.05) is 0 Å². The molecule has 3 heteroatoms. The molecule has 3 aliphatic rings. The lowest BCUT2D eigenvalue weighted by atomic mass is 9.86. The Morgan fingerprint density at radius 3 is 2.50 bits per heavy atom. The van der Waals surface area contributed by atoms with Crippen molar-refractivity contribution in [3.8, 4) is 0 Å². The Balaban J connectivity index is 1.56. The Kier molecular flexibility index (Phi) is 4.65. The summed E-state index contributed by atoms with van der Waals surface area (Å²) in [6.45, 7) is 1.59. The molecular formula is C17H30N2O. The lowest BCUT2D eigenvalue weighted by Gasteiger charge is -2.31. The Morgan fingerprint density at radius 1 is 1.10 bits per heavy atom. The van der Waals surface area contributed by atoms with Gasteiger partial charge in [-0.25, -0.2) is 0 Å². The van der Waals surface area contributed by atoms with Crippen molar-refractivity contribution in [2.45, 2.75) is 70.3 Å². The Bertz CT molecular complexity index is 338. The second-order valence-corrected chi connectivity index (χ2v) is 7.31. The van der Waals surface area contributed by atoms with E-state index < -0.39 is 0 Å².